The molecule has 2 aliphatic rings. The fourth-order valence-corrected chi connectivity index (χ4v) is 1.72. The van der Waals surface area contributed by atoms with E-state index in [1.54, 1.807) is 0 Å². The number of amides is 2. The average Bonchev–Trinajstić information content (AvgIpc) is 2.86. The number of carbonyl (C=O) groups excluding carboxylic acids is 1. The number of carbonyl (C=O) groups is 1. The number of hydrogen-bond acceptors (Lipinski definition) is 3. The first-order valence-electron chi connectivity index (χ1n) is 5.47. The SMILES string of the molecule is O=C(NCC1(CO)CC1)NC1CCOC1. The minimum Gasteiger partial charge on any atom is -0.396 e. The Labute approximate surface area is 89.2 Å². The molecular weight excluding hydrogens is 196 g/mol. The predicted octanol–water partition coefficient (Wildman–Crippen LogP) is -0.153. The molecule has 0 radical (unpaired) electrons. The maximum atomic E-state index is 11.4. The lowest BCUT2D eigenvalue weighted by molar-refractivity contribution is 0.186. The lowest BCUT2D eigenvalue weighted by atomic mass is 10.1. The number of aliphatic hydroxyl groups excluding tert-OH is 1. The van der Waals surface area contributed by atoms with E-state index in [2.05, 4.69) is 10.6 Å². The van der Waals surface area contributed by atoms with Gasteiger partial charge in [-0.05, 0) is 19.3 Å². The molecule has 1 saturated heterocycles. The van der Waals surface area contributed by atoms with Crippen molar-refractivity contribution in [3.63, 3.8) is 0 Å². The molecule has 1 aliphatic heterocycles. The molecule has 1 heterocycles. The van der Waals surface area contributed by atoms with Gasteiger partial charge in [-0.25, -0.2) is 4.79 Å². The van der Waals surface area contributed by atoms with Crippen molar-refractivity contribution in [3.05, 3.63) is 0 Å². The van der Waals surface area contributed by atoms with E-state index in [0.717, 1.165) is 25.9 Å². The minimum atomic E-state index is -0.148. The van der Waals surface area contributed by atoms with Crippen molar-refractivity contribution in [2.75, 3.05) is 26.4 Å². The van der Waals surface area contributed by atoms with Crippen molar-refractivity contribution < 1.29 is 14.6 Å². The van der Waals surface area contributed by atoms with E-state index in [1.807, 2.05) is 0 Å². The van der Waals surface area contributed by atoms with Crippen LogP contribution >= 0.6 is 0 Å². The van der Waals surface area contributed by atoms with E-state index >= 15 is 0 Å². The molecule has 1 unspecified atom stereocenters. The molecule has 0 spiro atoms. The molecule has 1 atom stereocenters. The summed E-state index contributed by atoms with van der Waals surface area (Å²) in [7, 11) is 0. The smallest absolute Gasteiger partial charge is 0.315 e. The predicted molar refractivity (Wildman–Crippen MR) is 54.5 cm³/mol. The summed E-state index contributed by atoms with van der Waals surface area (Å²) in [5.41, 5.74) is -0.0243. The zero-order valence-electron chi connectivity index (χ0n) is 8.79. The van der Waals surface area contributed by atoms with E-state index in [9.17, 15) is 4.79 Å². The summed E-state index contributed by atoms with van der Waals surface area (Å²) in [5.74, 6) is 0. The van der Waals surface area contributed by atoms with Crippen molar-refractivity contribution in [3.8, 4) is 0 Å². The highest BCUT2D eigenvalue weighted by Gasteiger charge is 2.42. The van der Waals surface area contributed by atoms with Crippen LogP contribution in [0, 0.1) is 5.41 Å². The van der Waals surface area contributed by atoms with Crippen molar-refractivity contribution >= 4 is 6.03 Å². The molecule has 86 valence electrons. The van der Waals surface area contributed by atoms with Gasteiger partial charge in [0.1, 0.15) is 0 Å². The number of nitrogens with one attached hydrogen (secondary N) is 2. The van der Waals surface area contributed by atoms with Gasteiger partial charge in [0.2, 0.25) is 0 Å². The Morgan fingerprint density at radius 1 is 1.53 bits per heavy atom. The first-order chi connectivity index (χ1) is 7.24. The molecule has 0 aromatic carbocycles. The molecule has 5 nitrogen and oxygen atoms in total. The largest absolute Gasteiger partial charge is 0.396 e. The summed E-state index contributed by atoms with van der Waals surface area (Å²) >= 11 is 0. The van der Waals surface area contributed by atoms with Crippen LogP contribution in [0.5, 0.6) is 0 Å². The van der Waals surface area contributed by atoms with Gasteiger partial charge in [-0.3, -0.25) is 0 Å². The third kappa shape index (κ3) is 2.82. The summed E-state index contributed by atoms with van der Waals surface area (Å²) in [6.07, 6.45) is 2.91. The van der Waals surface area contributed by atoms with E-state index in [-0.39, 0.29) is 24.1 Å². The van der Waals surface area contributed by atoms with Crippen molar-refractivity contribution in [2.24, 2.45) is 5.41 Å². The summed E-state index contributed by atoms with van der Waals surface area (Å²) in [5, 5.41) is 14.7. The van der Waals surface area contributed by atoms with Crippen LogP contribution in [0.1, 0.15) is 19.3 Å². The number of aliphatic hydroxyl groups is 1. The Morgan fingerprint density at radius 2 is 2.33 bits per heavy atom. The Bertz CT molecular complexity index is 235. The van der Waals surface area contributed by atoms with Gasteiger partial charge < -0.3 is 20.5 Å². The molecule has 1 aliphatic carbocycles. The molecule has 1 saturated carbocycles. The third-order valence-electron chi connectivity index (χ3n) is 3.18. The standard InChI is InChI=1S/C10H18N2O3/c13-7-10(2-3-10)6-11-9(14)12-8-1-4-15-5-8/h8,13H,1-7H2,(H2,11,12,14). The van der Waals surface area contributed by atoms with Crippen LogP contribution in [-0.4, -0.2) is 43.5 Å². The highest BCUT2D eigenvalue weighted by molar-refractivity contribution is 5.74. The maximum Gasteiger partial charge on any atom is 0.315 e. The lowest BCUT2D eigenvalue weighted by Gasteiger charge is -2.15. The van der Waals surface area contributed by atoms with Crippen LogP contribution in [0.3, 0.4) is 0 Å². The van der Waals surface area contributed by atoms with Crippen LogP contribution in [0.15, 0.2) is 0 Å². The molecule has 0 aromatic heterocycles. The highest BCUT2D eigenvalue weighted by atomic mass is 16.5. The fraction of sp³-hybridized carbons (Fsp3) is 0.900. The zero-order chi connectivity index (χ0) is 10.7. The highest BCUT2D eigenvalue weighted by Crippen LogP contribution is 2.44. The second kappa shape index (κ2) is 4.37. The van der Waals surface area contributed by atoms with Crippen molar-refractivity contribution in [2.45, 2.75) is 25.3 Å². The minimum absolute atomic E-state index is 0.0243. The maximum absolute atomic E-state index is 11.4. The average molecular weight is 214 g/mol. The lowest BCUT2D eigenvalue weighted by Crippen LogP contribution is -2.44. The van der Waals surface area contributed by atoms with E-state index in [4.69, 9.17) is 9.84 Å². The Balaban J connectivity index is 1.64. The van der Waals surface area contributed by atoms with E-state index in [0.29, 0.717) is 13.2 Å². The van der Waals surface area contributed by atoms with Gasteiger partial charge in [0.25, 0.3) is 0 Å². The fourth-order valence-electron chi connectivity index (χ4n) is 1.72. The summed E-state index contributed by atoms with van der Waals surface area (Å²) < 4.78 is 5.15. The summed E-state index contributed by atoms with van der Waals surface area (Å²) in [6, 6.07) is -0.000459. The molecule has 2 rings (SSSR count). The van der Waals surface area contributed by atoms with Crippen LogP contribution in [0.25, 0.3) is 0 Å². The van der Waals surface area contributed by atoms with Crippen molar-refractivity contribution in [1.29, 1.82) is 0 Å². The van der Waals surface area contributed by atoms with E-state index < -0.39 is 0 Å². The van der Waals surface area contributed by atoms with Gasteiger partial charge in [0.15, 0.2) is 0 Å². The van der Waals surface area contributed by atoms with Crippen LogP contribution in [0.2, 0.25) is 0 Å². The van der Waals surface area contributed by atoms with Crippen LogP contribution < -0.4 is 10.6 Å². The monoisotopic (exact) mass is 214 g/mol. The normalized spacial score (nSPS) is 27.4. The second-order valence-electron chi connectivity index (χ2n) is 4.55. The number of rotatable bonds is 4. The molecule has 0 bridgehead atoms. The van der Waals surface area contributed by atoms with Gasteiger partial charge in [0.05, 0.1) is 19.3 Å². The first-order valence-corrected chi connectivity index (χ1v) is 5.47. The van der Waals surface area contributed by atoms with Crippen LogP contribution in [-0.2, 0) is 4.74 Å². The van der Waals surface area contributed by atoms with Gasteiger partial charge in [-0.15, -0.1) is 0 Å². The van der Waals surface area contributed by atoms with Gasteiger partial charge in [0, 0.05) is 18.6 Å². The summed E-state index contributed by atoms with van der Waals surface area (Å²) in [6.45, 7) is 2.08. The summed E-state index contributed by atoms with van der Waals surface area (Å²) in [4.78, 5) is 11.4. The molecular formula is C10H18N2O3. The second-order valence-corrected chi connectivity index (χ2v) is 4.55. The molecule has 0 aromatic rings. The Morgan fingerprint density at radius 3 is 2.87 bits per heavy atom. The number of ether oxygens (including phenoxy) is 1. The van der Waals surface area contributed by atoms with Crippen molar-refractivity contribution in [1.82, 2.24) is 10.6 Å². The first kappa shape index (κ1) is 10.7. The quantitative estimate of drug-likeness (QED) is 0.609. The Hall–Kier alpha value is -0.810. The topological polar surface area (TPSA) is 70.6 Å². The molecule has 2 amide bonds. The Kier molecular flexibility index (Phi) is 3.11. The van der Waals surface area contributed by atoms with Gasteiger partial charge in [-0.1, -0.05) is 0 Å². The van der Waals surface area contributed by atoms with Gasteiger partial charge >= 0.3 is 6.03 Å². The molecule has 2 fully saturated rings. The molecule has 3 N–H and O–H groups in total. The van der Waals surface area contributed by atoms with Crippen LogP contribution in [0.4, 0.5) is 4.79 Å². The zero-order valence-corrected chi connectivity index (χ0v) is 8.79. The number of hydrogen-bond donors (Lipinski definition) is 3. The van der Waals surface area contributed by atoms with Gasteiger partial charge in [-0.2, -0.15) is 0 Å². The third-order valence-corrected chi connectivity index (χ3v) is 3.18. The molecule has 15 heavy (non-hydrogen) atoms. The van der Waals surface area contributed by atoms with E-state index in [1.165, 1.54) is 0 Å². The number of urea groups is 1. The molecule has 5 heteroatoms.